The number of hydrogen-bond acceptors (Lipinski definition) is 4. The van der Waals surface area contributed by atoms with Gasteiger partial charge in [0.1, 0.15) is 0 Å². The molecule has 0 bridgehead atoms. The minimum absolute atomic E-state index is 0.00741. The molecule has 6 nitrogen and oxygen atoms in total. The second-order valence-corrected chi connectivity index (χ2v) is 4.11. The quantitative estimate of drug-likeness (QED) is 0.790. The van der Waals surface area contributed by atoms with Gasteiger partial charge in [0.25, 0.3) is 5.91 Å². The van der Waals surface area contributed by atoms with Gasteiger partial charge < -0.3 is 19.7 Å². The highest BCUT2D eigenvalue weighted by atomic mass is 16.4. The SMILES string of the molecule is CC(CN(C)C)NC(=O)c1ccc(C(=O)O)o1. The van der Waals surface area contributed by atoms with Crippen LogP contribution in [0.25, 0.3) is 0 Å². The molecule has 2 N–H and O–H groups in total. The van der Waals surface area contributed by atoms with E-state index in [9.17, 15) is 9.59 Å². The summed E-state index contributed by atoms with van der Waals surface area (Å²) in [5.74, 6) is -1.83. The second-order valence-electron chi connectivity index (χ2n) is 4.11. The maximum Gasteiger partial charge on any atom is 0.371 e. The first-order valence-electron chi connectivity index (χ1n) is 5.19. The van der Waals surface area contributed by atoms with Crippen LogP contribution in [0.5, 0.6) is 0 Å². The first kappa shape index (κ1) is 13.2. The molecule has 17 heavy (non-hydrogen) atoms. The average molecular weight is 240 g/mol. The Hall–Kier alpha value is -1.82. The molecule has 0 aliphatic carbocycles. The number of carbonyl (C=O) groups excluding carboxylic acids is 1. The molecular formula is C11H16N2O4. The van der Waals surface area contributed by atoms with Crippen LogP contribution in [0.1, 0.15) is 28.0 Å². The van der Waals surface area contributed by atoms with Gasteiger partial charge in [-0.15, -0.1) is 0 Å². The van der Waals surface area contributed by atoms with Crippen LogP contribution < -0.4 is 5.32 Å². The summed E-state index contributed by atoms with van der Waals surface area (Å²) in [5, 5.41) is 11.4. The van der Waals surface area contributed by atoms with Gasteiger partial charge in [-0.1, -0.05) is 0 Å². The van der Waals surface area contributed by atoms with Crippen molar-refractivity contribution in [2.45, 2.75) is 13.0 Å². The van der Waals surface area contributed by atoms with Crippen LogP contribution in [0.15, 0.2) is 16.5 Å². The molecule has 1 aromatic heterocycles. The Morgan fingerprint density at radius 2 is 2.00 bits per heavy atom. The lowest BCUT2D eigenvalue weighted by Crippen LogP contribution is -2.39. The van der Waals surface area contributed by atoms with Crippen LogP contribution in [0.2, 0.25) is 0 Å². The molecule has 0 aromatic carbocycles. The molecular weight excluding hydrogens is 224 g/mol. The van der Waals surface area contributed by atoms with Crippen molar-refractivity contribution in [3.63, 3.8) is 0 Å². The van der Waals surface area contributed by atoms with E-state index in [-0.39, 0.29) is 17.6 Å². The van der Waals surface area contributed by atoms with Gasteiger partial charge in [0.2, 0.25) is 5.76 Å². The summed E-state index contributed by atoms with van der Waals surface area (Å²) in [4.78, 5) is 24.2. The summed E-state index contributed by atoms with van der Waals surface area (Å²) in [6.07, 6.45) is 0. The van der Waals surface area contributed by atoms with Crippen LogP contribution in [0.3, 0.4) is 0 Å². The van der Waals surface area contributed by atoms with Gasteiger partial charge in [-0.2, -0.15) is 0 Å². The fraction of sp³-hybridized carbons (Fsp3) is 0.455. The zero-order chi connectivity index (χ0) is 13.0. The molecule has 1 amide bonds. The number of carbonyl (C=O) groups is 2. The fourth-order valence-corrected chi connectivity index (χ4v) is 1.46. The standard InChI is InChI=1S/C11H16N2O4/c1-7(6-13(2)3)12-10(14)8-4-5-9(17-8)11(15)16/h4-5,7H,6H2,1-3H3,(H,12,14)(H,15,16). The summed E-state index contributed by atoms with van der Waals surface area (Å²) < 4.78 is 4.89. The van der Waals surface area contributed by atoms with E-state index in [1.807, 2.05) is 25.9 Å². The molecule has 0 aliphatic heterocycles. The zero-order valence-electron chi connectivity index (χ0n) is 10.1. The first-order chi connectivity index (χ1) is 7.90. The van der Waals surface area contributed by atoms with E-state index in [0.29, 0.717) is 6.54 Å². The van der Waals surface area contributed by atoms with Crippen molar-refractivity contribution in [1.29, 1.82) is 0 Å². The van der Waals surface area contributed by atoms with Gasteiger partial charge in [-0.25, -0.2) is 4.79 Å². The van der Waals surface area contributed by atoms with E-state index < -0.39 is 11.9 Å². The third-order valence-electron chi connectivity index (χ3n) is 2.06. The number of rotatable bonds is 5. The predicted molar refractivity (Wildman–Crippen MR) is 61.1 cm³/mol. The molecule has 0 saturated heterocycles. The largest absolute Gasteiger partial charge is 0.475 e. The molecule has 0 aliphatic rings. The molecule has 1 atom stereocenters. The van der Waals surface area contributed by atoms with Crippen LogP contribution in [-0.2, 0) is 0 Å². The van der Waals surface area contributed by atoms with E-state index in [4.69, 9.17) is 9.52 Å². The topological polar surface area (TPSA) is 82.8 Å². The predicted octanol–water partition coefficient (Wildman–Crippen LogP) is 0.658. The van der Waals surface area contributed by atoms with Gasteiger partial charge in [0.15, 0.2) is 5.76 Å². The molecule has 0 fully saturated rings. The van der Waals surface area contributed by atoms with Crippen LogP contribution >= 0.6 is 0 Å². The fourth-order valence-electron chi connectivity index (χ4n) is 1.46. The van der Waals surface area contributed by atoms with E-state index in [2.05, 4.69) is 5.32 Å². The third kappa shape index (κ3) is 3.92. The number of furan rings is 1. The molecule has 1 unspecified atom stereocenters. The Morgan fingerprint density at radius 1 is 1.41 bits per heavy atom. The summed E-state index contributed by atoms with van der Waals surface area (Å²) >= 11 is 0. The van der Waals surface area contributed by atoms with E-state index in [1.54, 1.807) is 0 Å². The Kier molecular flexibility index (Phi) is 4.28. The van der Waals surface area contributed by atoms with Gasteiger partial charge >= 0.3 is 5.97 Å². The molecule has 0 radical (unpaired) electrons. The highest BCUT2D eigenvalue weighted by molar-refractivity contribution is 5.93. The number of amides is 1. The first-order valence-corrected chi connectivity index (χ1v) is 5.19. The summed E-state index contributed by atoms with van der Waals surface area (Å²) in [7, 11) is 3.80. The summed E-state index contributed by atoms with van der Waals surface area (Å²) in [6, 6.07) is 2.56. The van der Waals surface area contributed by atoms with Gasteiger partial charge in [-0.3, -0.25) is 4.79 Å². The molecule has 0 saturated carbocycles. The molecule has 0 spiro atoms. The number of nitrogens with one attached hydrogen (secondary N) is 1. The number of hydrogen-bond donors (Lipinski definition) is 2. The maximum absolute atomic E-state index is 11.7. The minimum Gasteiger partial charge on any atom is -0.475 e. The molecule has 1 rings (SSSR count). The smallest absolute Gasteiger partial charge is 0.371 e. The summed E-state index contributed by atoms with van der Waals surface area (Å²) in [5.41, 5.74) is 0. The van der Waals surface area contributed by atoms with Crippen molar-refractivity contribution in [3.05, 3.63) is 23.7 Å². The number of likely N-dealkylation sites (N-methyl/N-ethyl adjacent to an activating group) is 1. The van der Waals surface area contributed by atoms with Gasteiger partial charge in [0.05, 0.1) is 0 Å². The van der Waals surface area contributed by atoms with E-state index in [1.165, 1.54) is 12.1 Å². The van der Waals surface area contributed by atoms with Crippen molar-refractivity contribution in [2.24, 2.45) is 0 Å². The second kappa shape index (κ2) is 5.49. The zero-order valence-corrected chi connectivity index (χ0v) is 10.1. The summed E-state index contributed by atoms with van der Waals surface area (Å²) in [6.45, 7) is 2.55. The number of carboxylic acids is 1. The highest BCUT2D eigenvalue weighted by Crippen LogP contribution is 2.07. The Bertz CT molecular complexity index is 411. The Labute approximate surface area is 99.2 Å². The molecule has 1 heterocycles. The average Bonchev–Trinajstić information content (AvgIpc) is 2.64. The maximum atomic E-state index is 11.7. The lowest BCUT2D eigenvalue weighted by atomic mass is 10.3. The Morgan fingerprint density at radius 3 is 2.47 bits per heavy atom. The molecule has 6 heteroatoms. The lowest BCUT2D eigenvalue weighted by Gasteiger charge is -2.17. The Balaban J connectivity index is 2.60. The van der Waals surface area contributed by atoms with Gasteiger partial charge in [-0.05, 0) is 33.2 Å². The van der Waals surface area contributed by atoms with Crippen molar-refractivity contribution in [1.82, 2.24) is 10.2 Å². The lowest BCUT2D eigenvalue weighted by molar-refractivity contribution is 0.0659. The monoisotopic (exact) mass is 240 g/mol. The number of aromatic carboxylic acids is 1. The highest BCUT2D eigenvalue weighted by Gasteiger charge is 2.16. The van der Waals surface area contributed by atoms with Crippen molar-refractivity contribution in [2.75, 3.05) is 20.6 Å². The third-order valence-corrected chi connectivity index (χ3v) is 2.06. The van der Waals surface area contributed by atoms with Crippen molar-refractivity contribution in [3.8, 4) is 0 Å². The van der Waals surface area contributed by atoms with E-state index in [0.717, 1.165) is 0 Å². The van der Waals surface area contributed by atoms with Crippen molar-refractivity contribution < 1.29 is 19.1 Å². The minimum atomic E-state index is -1.19. The molecule has 94 valence electrons. The van der Waals surface area contributed by atoms with Crippen molar-refractivity contribution >= 4 is 11.9 Å². The van der Waals surface area contributed by atoms with Crippen LogP contribution in [-0.4, -0.2) is 48.6 Å². The molecule has 1 aromatic rings. The van der Waals surface area contributed by atoms with Crippen LogP contribution in [0, 0.1) is 0 Å². The number of carboxylic acid groups (broad SMARTS) is 1. The van der Waals surface area contributed by atoms with Gasteiger partial charge in [0, 0.05) is 12.6 Å². The normalized spacial score (nSPS) is 12.5. The van der Waals surface area contributed by atoms with E-state index >= 15 is 0 Å². The van der Waals surface area contributed by atoms with Crippen LogP contribution in [0.4, 0.5) is 0 Å². The number of nitrogens with zero attached hydrogens (tertiary/aromatic N) is 1.